The van der Waals surface area contributed by atoms with Crippen LogP contribution in [0.1, 0.15) is 59.7 Å². The Morgan fingerprint density at radius 1 is 1.06 bits per heavy atom. The molecule has 0 radical (unpaired) electrons. The van der Waals surface area contributed by atoms with Crippen LogP contribution < -0.4 is 5.32 Å². The van der Waals surface area contributed by atoms with Gasteiger partial charge in [0.15, 0.2) is 0 Å². The van der Waals surface area contributed by atoms with E-state index in [1.54, 1.807) is 0 Å². The molecule has 1 heterocycles. The second-order valence-electron chi connectivity index (χ2n) is 6.53. The molecule has 0 saturated heterocycles. The van der Waals surface area contributed by atoms with Gasteiger partial charge in [0.25, 0.3) is 0 Å². The summed E-state index contributed by atoms with van der Waals surface area (Å²) in [7, 11) is 0. The third kappa shape index (κ3) is 5.31. The molecule has 0 aliphatic carbocycles. The molecule has 0 saturated carbocycles. The minimum Gasteiger partial charge on any atom is -0.425 e. The predicted molar refractivity (Wildman–Crippen MR) is 69.1 cm³/mol. The van der Waals surface area contributed by atoms with Gasteiger partial charge < -0.3 is 9.73 Å². The first kappa shape index (κ1) is 14.2. The van der Waals surface area contributed by atoms with Crippen molar-refractivity contribution >= 4 is 0 Å². The zero-order valence-electron chi connectivity index (χ0n) is 11.9. The molecule has 1 N–H and O–H groups in total. The maximum absolute atomic E-state index is 5.63. The molecule has 0 fully saturated rings. The summed E-state index contributed by atoms with van der Waals surface area (Å²) in [6.45, 7) is 13.7. The van der Waals surface area contributed by atoms with E-state index in [1.807, 2.05) is 0 Å². The van der Waals surface area contributed by atoms with E-state index < -0.39 is 0 Å². The Bertz CT molecular complexity index is 344. The Hall–Kier alpha value is -0.900. The average molecular weight is 239 g/mol. The highest BCUT2D eigenvalue weighted by Gasteiger charge is 2.21. The summed E-state index contributed by atoms with van der Waals surface area (Å²) in [5.41, 5.74) is 0.111. The Morgan fingerprint density at radius 2 is 1.71 bits per heavy atom. The van der Waals surface area contributed by atoms with Crippen LogP contribution in [0.5, 0.6) is 0 Å². The summed E-state index contributed by atoms with van der Waals surface area (Å²) in [6.07, 6.45) is 1.86. The van der Waals surface area contributed by atoms with Crippen LogP contribution in [0.2, 0.25) is 0 Å². The molecule has 1 aromatic heterocycles. The van der Waals surface area contributed by atoms with E-state index in [1.165, 1.54) is 0 Å². The number of hydrogen-bond acceptors (Lipinski definition) is 4. The molecule has 4 nitrogen and oxygen atoms in total. The fourth-order valence-corrected chi connectivity index (χ4v) is 1.36. The lowest BCUT2D eigenvalue weighted by Crippen LogP contribution is -2.36. The SMILES string of the molecule is CC(C)(C)NCCCc1nnc(C(C)(C)C)o1. The third-order valence-corrected chi connectivity index (χ3v) is 2.33. The summed E-state index contributed by atoms with van der Waals surface area (Å²) >= 11 is 0. The molecule has 98 valence electrons. The Morgan fingerprint density at radius 3 is 2.18 bits per heavy atom. The average Bonchev–Trinajstić information content (AvgIpc) is 2.58. The van der Waals surface area contributed by atoms with Gasteiger partial charge in [-0.3, -0.25) is 0 Å². The minimum absolute atomic E-state index is 0.0606. The molecule has 0 aliphatic rings. The van der Waals surface area contributed by atoms with E-state index in [9.17, 15) is 0 Å². The van der Waals surface area contributed by atoms with Crippen molar-refractivity contribution < 1.29 is 4.42 Å². The molecule has 1 rings (SSSR count). The van der Waals surface area contributed by atoms with Crippen molar-refractivity contribution in [1.82, 2.24) is 15.5 Å². The van der Waals surface area contributed by atoms with Crippen molar-refractivity contribution in [3.63, 3.8) is 0 Å². The van der Waals surface area contributed by atoms with E-state index in [-0.39, 0.29) is 11.0 Å². The third-order valence-electron chi connectivity index (χ3n) is 2.33. The van der Waals surface area contributed by atoms with Crippen LogP contribution in [0.15, 0.2) is 4.42 Å². The van der Waals surface area contributed by atoms with Crippen LogP contribution in [0.3, 0.4) is 0 Å². The van der Waals surface area contributed by atoms with Crippen LogP contribution in [-0.2, 0) is 11.8 Å². The minimum atomic E-state index is -0.0606. The van der Waals surface area contributed by atoms with Gasteiger partial charge in [0.2, 0.25) is 11.8 Å². The summed E-state index contributed by atoms with van der Waals surface area (Å²) in [6, 6.07) is 0. The van der Waals surface area contributed by atoms with Crippen molar-refractivity contribution in [1.29, 1.82) is 0 Å². The first-order valence-corrected chi connectivity index (χ1v) is 6.26. The number of rotatable bonds is 4. The van der Waals surface area contributed by atoms with Crippen molar-refractivity contribution in [3.8, 4) is 0 Å². The number of aromatic nitrogens is 2. The molecule has 0 unspecified atom stereocenters. The largest absolute Gasteiger partial charge is 0.425 e. The standard InChI is InChI=1S/C13H25N3O/c1-12(2,3)11-16-15-10(17-11)8-7-9-14-13(4,5)6/h14H,7-9H2,1-6H3. The number of hydrogen-bond donors (Lipinski definition) is 1. The fourth-order valence-electron chi connectivity index (χ4n) is 1.36. The van der Waals surface area contributed by atoms with Gasteiger partial charge >= 0.3 is 0 Å². The van der Waals surface area contributed by atoms with Gasteiger partial charge in [-0.15, -0.1) is 10.2 Å². The number of nitrogens with one attached hydrogen (secondary N) is 1. The molecule has 0 bridgehead atoms. The van der Waals surface area contributed by atoms with Gasteiger partial charge in [0, 0.05) is 17.4 Å². The second kappa shape index (κ2) is 5.17. The molecular formula is C13H25N3O. The first-order chi connectivity index (χ1) is 7.68. The summed E-state index contributed by atoms with van der Waals surface area (Å²) < 4.78 is 5.63. The molecule has 17 heavy (non-hydrogen) atoms. The monoisotopic (exact) mass is 239 g/mol. The molecule has 0 aromatic carbocycles. The van der Waals surface area contributed by atoms with Gasteiger partial charge in [-0.2, -0.15) is 0 Å². The first-order valence-electron chi connectivity index (χ1n) is 6.26. The predicted octanol–water partition coefficient (Wildman–Crippen LogP) is 2.69. The topological polar surface area (TPSA) is 51.0 Å². The summed E-state index contributed by atoms with van der Waals surface area (Å²) in [5.74, 6) is 1.46. The van der Waals surface area contributed by atoms with Crippen molar-refractivity contribution in [2.24, 2.45) is 0 Å². The van der Waals surface area contributed by atoms with Crippen LogP contribution in [-0.4, -0.2) is 22.3 Å². The number of aryl methyl sites for hydroxylation is 1. The maximum Gasteiger partial charge on any atom is 0.221 e. The fraction of sp³-hybridized carbons (Fsp3) is 0.846. The van der Waals surface area contributed by atoms with Gasteiger partial charge in [0.1, 0.15) is 0 Å². The van der Waals surface area contributed by atoms with E-state index in [4.69, 9.17) is 4.42 Å². The van der Waals surface area contributed by atoms with Gasteiger partial charge in [-0.1, -0.05) is 20.8 Å². The summed E-state index contributed by atoms with van der Waals surface area (Å²) in [5, 5.41) is 11.6. The molecular weight excluding hydrogens is 214 g/mol. The van der Waals surface area contributed by atoms with E-state index in [0.29, 0.717) is 0 Å². The van der Waals surface area contributed by atoms with Crippen molar-refractivity contribution in [3.05, 3.63) is 11.8 Å². The Balaban J connectivity index is 2.36. The molecule has 4 heteroatoms. The van der Waals surface area contributed by atoms with Crippen LogP contribution in [0.25, 0.3) is 0 Å². The lowest BCUT2D eigenvalue weighted by Gasteiger charge is -2.19. The lowest BCUT2D eigenvalue weighted by molar-refractivity contribution is 0.364. The number of nitrogens with zero attached hydrogens (tertiary/aromatic N) is 2. The maximum atomic E-state index is 5.63. The quantitative estimate of drug-likeness (QED) is 0.821. The second-order valence-corrected chi connectivity index (χ2v) is 6.53. The van der Waals surface area contributed by atoms with Crippen LogP contribution >= 0.6 is 0 Å². The van der Waals surface area contributed by atoms with Crippen molar-refractivity contribution in [2.45, 2.75) is 65.3 Å². The van der Waals surface area contributed by atoms with Crippen LogP contribution in [0, 0.1) is 0 Å². The highest BCUT2D eigenvalue weighted by Crippen LogP contribution is 2.20. The van der Waals surface area contributed by atoms with Gasteiger partial charge in [0.05, 0.1) is 0 Å². The smallest absolute Gasteiger partial charge is 0.221 e. The Kier molecular flexibility index (Phi) is 4.31. The molecule has 0 spiro atoms. The molecule has 0 atom stereocenters. The van der Waals surface area contributed by atoms with E-state index in [2.05, 4.69) is 57.1 Å². The van der Waals surface area contributed by atoms with Gasteiger partial charge in [-0.25, -0.2) is 0 Å². The van der Waals surface area contributed by atoms with E-state index >= 15 is 0 Å². The zero-order chi connectivity index (χ0) is 13.1. The van der Waals surface area contributed by atoms with Crippen LogP contribution in [0.4, 0.5) is 0 Å². The molecule has 1 aromatic rings. The highest BCUT2D eigenvalue weighted by atomic mass is 16.4. The van der Waals surface area contributed by atoms with Gasteiger partial charge in [-0.05, 0) is 33.7 Å². The Labute approximate surface area is 104 Å². The molecule has 0 aliphatic heterocycles. The van der Waals surface area contributed by atoms with E-state index in [0.717, 1.165) is 31.2 Å². The zero-order valence-corrected chi connectivity index (χ0v) is 11.9. The lowest BCUT2D eigenvalue weighted by atomic mass is 9.97. The summed E-state index contributed by atoms with van der Waals surface area (Å²) in [4.78, 5) is 0. The highest BCUT2D eigenvalue weighted by molar-refractivity contribution is 4.96. The molecule has 0 amide bonds. The van der Waals surface area contributed by atoms with Crippen molar-refractivity contribution in [2.75, 3.05) is 6.54 Å². The normalized spacial score (nSPS) is 13.1.